The van der Waals surface area contributed by atoms with Crippen LogP contribution in [0.25, 0.3) is 11.3 Å². The molecule has 2 N–H and O–H groups in total. The summed E-state index contributed by atoms with van der Waals surface area (Å²) >= 11 is 9.46. The van der Waals surface area contributed by atoms with Crippen LogP contribution in [0.5, 0.6) is 0 Å². The third-order valence-corrected chi connectivity index (χ3v) is 7.75. The molecule has 190 valence electrons. The van der Waals surface area contributed by atoms with E-state index in [2.05, 4.69) is 37.0 Å². The zero-order chi connectivity index (χ0) is 26.3. The second-order valence-electron chi connectivity index (χ2n) is 9.06. The first-order valence-electron chi connectivity index (χ1n) is 11.6. The van der Waals surface area contributed by atoms with Crippen LogP contribution in [-0.2, 0) is 10.0 Å². The first kappa shape index (κ1) is 25.4. The fourth-order valence-corrected chi connectivity index (χ4v) is 6.17. The fraction of sp³-hybridized carbons (Fsp3) is 0.185. The predicted molar refractivity (Wildman–Crippen MR) is 154 cm³/mol. The topological polar surface area (TPSA) is 87.5 Å². The normalized spacial score (nSPS) is 17.6. The van der Waals surface area contributed by atoms with E-state index in [0.717, 1.165) is 50.3 Å². The van der Waals surface area contributed by atoms with Crippen molar-refractivity contribution < 1.29 is 12.8 Å². The number of hydrogen-bond acceptors (Lipinski definition) is 5. The number of rotatable bonds is 6. The van der Waals surface area contributed by atoms with Crippen LogP contribution < -0.4 is 14.9 Å². The van der Waals surface area contributed by atoms with Crippen molar-refractivity contribution in [2.24, 2.45) is 0 Å². The average molecular weight is 598 g/mol. The van der Waals surface area contributed by atoms with E-state index in [4.69, 9.17) is 16.6 Å². The maximum absolute atomic E-state index is 11.8. The summed E-state index contributed by atoms with van der Waals surface area (Å²) in [5.74, 6) is 1.46. The van der Waals surface area contributed by atoms with Crippen LogP contribution in [0, 0.1) is 13.8 Å². The largest absolute Gasteiger partial charge is 0.459 e. The van der Waals surface area contributed by atoms with Crippen LogP contribution in [0.15, 0.2) is 81.8 Å². The second kappa shape index (κ2) is 9.92. The van der Waals surface area contributed by atoms with E-state index in [-0.39, 0.29) is 12.1 Å². The Bertz CT molecular complexity index is 1590. The zero-order valence-corrected chi connectivity index (χ0v) is 23.6. The molecule has 0 aliphatic carbocycles. The number of hydrogen-bond donors (Lipinski definition) is 2. The zero-order valence-electron chi connectivity index (χ0n) is 20.4. The lowest BCUT2D eigenvalue weighted by molar-refractivity contribution is 0.439. The number of thiocarbonyl (C=S) groups is 1. The van der Waals surface area contributed by atoms with Crippen molar-refractivity contribution in [3.63, 3.8) is 0 Å². The first-order valence-corrected chi connectivity index (χ1v) is 14.7. The number of aromatic nitrogens is 1. The molecule has 2 aromatic carbocycles. The molecule has 7 nitrogen and oxygen atoms in total. The highest BCUT2D eigenvalue weighted by molar-refractivity contribution is 9.10. The fourth-order valence-electron chi connectivity index (χ4n) is 4.51. The van der Waals surface area contributed by atoms with E-state index in [1.165, 1.54) is 0 Å². The standard InChI is InChI=1S/C27H25BrN4O3S2/c1-16-7-9-19(20(28)14-16)23-11-12-24(35-23)26-25(22-6-4-5-13-29-22)30-27(36)32(26)18-8-10-21(17(2)15-18)31-37(3,33)34/h4-15,25-26,31H,1-3H3,(H,30,36). The van der Waals surface area contributed by atoms with Crippen LogP contribution in [-0.4, -0.2) is 24.8 Å². The number of sulfonamides is 1. The Morgan fingerprint density at radius 1 is 1.08 bits per heavy atom. The van der Waals surface area contributed by atoms with Crippen LogP contribution in [0.2, 0.25) is 0 Å². The second-order valence-corrected chi connectivity index (χ2v) is 12.0. The highest BCUT2D eigenvalue weighted by Gasteiger charge is 2.42. The maximum Gasteiger partial charge on any atom is 0.229 e. The van der Waals surface area contributed by atoms with Gasteiger partial charge in [0.05, 0.1) is 23.7 Å². The summed E-state index contributed by atoms with van der Waals surface area (Å²) in [7, 11) is -3.40. The number of benzene rings is 2. The molecule has 37 heavy (non-hydrogen) atoms. The molecule has 1 aliphatic rings. The van der Waals surface area contributed by atoms with Gasteiger partial charge in [-0.2, -0.15) is 0 Å². The number of nitrogens with zero attached hydrogens (tertiary/aromatic N) is 2. The maximum atomic E-state index is 11.8. The highest BCUT2D eigenvalue weighted by atomic mass is 79.9. The molecule has 1 aliphatic heterocycles. The minimum atomic E-state index is -3.40. The molecule has 2 aromatic heterocycles. The van der Waals surface area contributed by atoms with Crippen LogP contribution >= 0.6 is 28.1 Å². The van der Waals surface area contributed by atoms with Gasteiger partial charge >= 0.3 is 0 Å². The molecule has 0 amide bonds. The first-order chi connectivity index (χ1) is 17.6. The summed E-state index contributed by atoms with van der Waals surface area (Å²) in [4.78, 5) is 6.58. The molecule has 4 aromatic rings. The molecular formula is C27H25BrN4O3S2. The quantitative estimate of drug-likeness (QED) is 0.254. The van der Waals surface area contributed by atoms with Crippen molar-refractivity contribution in [2.45, 2.75) is 25.9 Å². The predicted octanol–water partition coefficient (Wildman–Crippen LogP) is 6.27. The molecule has 0 radical (unpaired) electrons. The van der Waals surface area contributed by atoms with Gasteiger partial charge in [-0.1, -0.05) is 28.1 Å². The Kier molecular flexibility index (Phi) is 6.82. The van der Waals surface area contributed by atoms with Crippen molar-refractivity contribution in [2.75, 3.05) is 15.9 Å². The smallest absolute Gasteiger partial charge is 0.229 e. The average Bonchev–Trinajstić information content (AvgIpc) is 3.45. The van der Waals surface area contributed by atoms with Gasteiger partial charge < -0.3 is 14.6 Å². The Labute approximate surface area is 230 Å². The van der Waals surface area contributed by atoms with Gasteiger partial charge in [-0.05, 0) is 91.8 Å². The SMILES string of the molecule is Cc1ccc(-c2ccc(C3C(c4ccccn4)NC(=S)N3c3ccc(NS(C)(=O)=O)c(C)c3)o2)c(Br)c1. The molecule has 2 unspecified atom stereocenters. The minimum Gasteiger partial charge on any atom is -0.459 e. The van der Waals surface area contributed by atoms with Crippen molar-refractivity contribution in [3.05, 3.63) is 100.0 Å². The van der Waals surface area contributed by atoms with Gasteiger partial charge in [0.25, 0.3) is 0 Å². The summed E-state index contributed by atoms with van der Waals surface area (Å²) in [5, 5.41) is 3.95. The molecule has 3 heterocycles. The lowest BCUT2D eigenvalue weighted by atomic mass is 10.0. The van der Waals surface area contributed by atoms with Gasteiger partial charge in [-0.3, -0.25) is 9.71 Å². The molecule has 0 saturated carbocycles. The number of aryl methyl sites for hydroxylation is 2. The summed E-state index contributed by atoms with van der Waals surface area (Å²) < 4.78 is 33.5. The molecule has 0 bridgehead atoms. The summed E-state index contributed by atoms with van der Waals surface area (Å²) in [6, 6.07) is 20.8. The van der Waals surface area contributed by atoms with E-state index in [0.29, 0.717) is 10.8 Å². The highest BCUT2D eigenvalue weighted by Crippen LogP contribution is 2.44. The molecule has 1 fully saturated rings. The molecular weight excluding hydrogens is 572 g/mol. The molecule has 1 saturated heterocycles. The van der Waals surface area contributed by atoms with Gasteiger partial charge in [0, 0.05) is 21.9 Å². The van der Waals surface area contributed by atoms with Gasteiger partial charge in [0.1, 0.15) is 17.6 Å². The molecule has 5 rings (SSSR count). The van der Waals surface area contributed by atoms with Crippen molar-refractivity contribution in [3.8, 4) is 11.3 Å². The molecule has 10 heteroatoms. The van der Waals surface area contributed by atoms with Gasteiger partial charge in [0.2, 0.25) is 10.0 Å². The Hall–Kier alpha value is -3.21. The minimum absolute atomic E-state index is 0.261. The van der Waals surface area contributed by atoms with Gasteiger partial charge in [0.15, 0.2) is 5.11 Å². The number of anilines is 2. The third-order valence-electron chi connectivity index (χ3n) is 6.19. The monoisotopic (exact) mass is 596 g/mol. The Balaban J connectivity index is 1.59. The summed E-state index contributed by atoms with van der Waals surface area (Å²) in [5.41, 5.74) is 5.05. The van der Waals surface area contributed by atoms with Crippen molar-refractivity contribution in [1.29, 1.82) is 0 Å². The summed E-state index contributed by atoms with van der Waals surface area (Å²) in [6.45, 7) is 3.90. The van der Waals surface area contributed by atoms with Gasteiger partial charge in [-0.15, -0.1) is 0 Å². The summed E-state index contributed by atoms with van der Waals surface area (Å²) in [6.07, 6.45) is 2.89. The van der Waals surface area contributed by atoms with E-state index >= 15 is 0 Å². The van der Waals surface area contributed by atoms with E-state index < -0.39 is 10.0 Å². The van der Waals surface area contributed by atoms with Crippen molar-refractivity contribution in [1.82, 2.24) is 10.3 Å². The Morgan fingerprint density at radius 3 is 2.57 bits per heavy atom. The van der Waals surface area contributed by atoms with Gasteiger partial charge in [-0.25, -0.2) is 8.42 Å². The van der Waals surface area contributed by atoms with E-state index in [1.54, 1.807) is 12.3 Å². The number of pyridine rings is 1. The lowest BCUT2D eigenvalue weighted by Crippen LogP contribution is -2.29. The molecule has 2 atom stereocenters. The van der Waals surface area contributed by atoms with Crippen molar-refractivity contribution >= 4 is 54.7 Å². The van der Waals surface area contributed by atoms with Crippen LogP contribution in [0.1, 0.15) is 34.7 Å². The van der Waals surface area contributed by atoms with Crippen LogP contribution in [0.3, 0.4) is 0 Å². The third kappa shape index (κ3) is 5.27. The number of nitrogens with one attached hydrogen (secondary N) is 2. The lowest BCUT2D eigenvalue weighted by Gasteiger charge is -2.26. The molecule has 0 spiro atoms. The Morgan fingerprint density at radius 2 is 1.89 bits per heavy atom. The van der Waals surface area contributed by atoms with Crippen LogP contribution in [0.4, 0.5) is 11.4 Å². The number of halogens is 1. The van der Waals surface area contributed by atoms with E-state index in [1.807, 2.05) is 73.3 Å². The number of furan rings is 1. The van der Waals surface area contributed by atoms with E-state index in [9.17, 15) is 8.42 Å².